The summed E-state index contributed by atoms with van der Waals surface area (Å²) in [6, 6.07) is 0. The maximum atomic E-state index is 9.84. The second-order valence-corrected chi connectivity index (χ2v) is 6.39. The third-order valence-electron chi connectivity index (χ3n) is 4.25. The van der Waals surface area contributed by atoms with E-state index in [9.17, 15) is 15.3 Å². The molecule has 23 heavy (non-hydrogen) atoms. The van der Waals surface area contributed by atoms with Crippen molar-refractivity contribution in [2.24, 2.45) is 0 Å². The molecule has 0 amide bonds. The number of aliphatic hydroxyl groups excluding tert-OH is 3. The summed E-state index contributed by atoms with van der Waals surface area (Å²) in [6.45, 7) is 2.35. The molecule has 5 heteroatoms. The van der Waals surface area contributed by atoms with Crippen LogP contribution in [0.3, 0.4) is 0 Å². The molecule has 1 saturated heterocycles. The molecule has 1 aliphatic rings. The molecule has 1 heterocycles. The Kier molecular flexibility index (Phi) is 11.3. The molecule has 4 atom stereocenters. The molecule has 0 unspecified atom stereocenters. The van der Waals surface area contributed by atoms with Gasteiger partial charge in [-0.25, -0.2) is 0 Å². The second-order valence-electron chi connectivity index (χ2n) is 6.39. The Morgan fingerprint density at radius 2 is 1.74 bits per heavy atom. The fourth-order valence-corrected chi connectivity index (χ4v) is 2.75. The van der Waals surface area contributed by atoms with Gasteiger partial charge in [0.25, 0.3) is 0 Å². The maximum absolute atomic E-state index is 9.84. The monoisotopic (exact) mass is 330 g/mol. The fraction of sp³-hybridized carbons (Fsp3) is 0.889. The molecule has 0 aromatic heterocycles. The number of unbranched alkanes of at least 4 members (excludes halogenated alkanes) is 8. The summed E-state index contributed by atoms with van der Waals surface area (Å²) in [5.74, 6) is 0. The lowest BCUT2D eigenvalue weighted by atomic mass is 10.1. The van der Waals surface area contributed by atoms with E-state index in [2.05, 4.69) is 6.92 Å². The first-order valence-corrected chi connectivity index (χ1v) is 9.09. The molecule has 1 rings (SSSR count). The third-order valence-corrected chi connectivity index (χ3v) is 4.25. The normalized spacial score (nSPS) is 26.0. The van der Waals surface area contributed by atoms with Crippen LogP contribution in [-0.2, 0) is 9.47 Å². The molecule has 1 aliphatic heterocycles. The van der Waals surface area contributed by atoms with E-state index in [0.29, 0.717) is 0 Å². The zero-order valence-electron chi connectivity index (χ0n) is 14.4. The van der Waals surface area contributed by atoms with Crippen LogP contribution in [0.1, 0.15) is 64.7 Å². The number of ether oxygens (including phenoxy) is 2. The van der Waals surface area contributed by atoms with E-state index in [-0.39, 0.29) is 13.2 Å². The lowest BCUT2D eigenvalue weighted by molar-refractivity contribution is -0.0703. The van der Waals surface area contributed by atoms with Crippen molar-refractivity contribution in [3.63, 3.8) is 0 Å². The van der Waals surface area contributed by atoms with Gasteiger partial charge in [0.1, 0.15) is 31.0 Å². The van der Waals surface area contributed by atoms with E-state index >= 15 is 0 Å². The average Bonchev–Trinajstić information content (AvgIpc) is 2.88. The number of hydrogen-bond donors (Lipinski definition) is 3. The van der Waals surface area contributed by atoms with Crippen LogP contribution in [0.25, 0.3) is 0 Å². The minimum Gasteiger partial charge on any atom is -0.499 e. The summed E-state index contributed by atoms with van der Waals surface area (Å²) in [4.78, 5) is 0. The lowest BCUT2D eigenvalue weighted by Crippen LogP contribution is -2.40. The van der Waals surface area contributed by atoms with Crippen molar-refractivity contribution in [1.29, 1.82) is 0 Å². The Morgan fingerprint density at radius 1 is 1.09 bits per heavy atom. The quantitative estimate of drug-likeness (QED) is 0.357. The molecule has 0 saturated carbocycles. The van der Waals surface area contributed by atoms with Gasteiger partial charge in [-0.3, -0.25) is 0 Å². The van der Waals surface area contributed by atoms with Gasteiger partial charge >= 0.3 is 0 Å². The first kappa shape index (κ1) is 20.4. The Bertz CT molecular complexity index is 308. The number of allylic oxidation sites excluding steroid dienone is 1. The van der Waals surface area contributed by atoms with E-state index in [1.165, 1.54) is 44.9 Å². The van der Waals surface area contributed by atoms with Crippen LogP contribution in [0.4, 0.5) is 0 Å². The lowest BCUT2D eigenvalue weighted by Gasteiger charge is -2.20. The molecule has 0 aromatic rings. The molecule has 0 radical (unpaired) electrons. The van der Waals surface area contributed by atoms with Crippen LogP contribution in [0.15, 0.2) is 12.3 Å². The molecule has 136 valence electrons. The van der Waals surface area contributed by atoms with Gasteiger partial charge in [-0.15, -0.1) is 0 Å². The largest absolute Gasteiger partial charge is 0.499 e. The zero-order chi connectivity index (χ0) is 16.9. The van der Waals surface area contributed by atoms with Crippen molar-refractivity contribution in [2.45, 2.75) is 89.1 Å². The van der Waals surface area contributed by atoms with Gasteiger partial charge in [-0.2, -0.15) is 0 Å². The molecule has 0 bridgehead atoms. The van der Waals surface area contributed by atoms with Crippen molar-refractivity contribution < 1.29 is 24.8 Å². The van der Waals surface area contributed by atoms with Crippen LogP contribution in [0.5, 0.6) is 0 Å². The van der Waals surface area contributed by atoms with Crippen LogP contribution < -0.4 is 0 Å². The predicted molar refractivity (Wildman–Crippen MR) is 90.1 cm³/mol. The Balaban J connectivity index is 1.92. The van der Waals surface area contributed by atoms with Gasteiger partial charge < -0.3 is 24.8 Å². The summed E-state index contributed by atoms with van der Waals surface area (Å²) in [6.07, 6.45) is 11.3. The highest BCUT2D eigenvalue weighted by atomic mass is 16.5. The zero-order valence-corrected chi connectivity index (χ0v) is 14.4. The van der Waals surface area contributed by atoms with Gasteiger partial charge in [-0.1, -0.05) is 51.9 Å². The SMILES string of the molecule is CCCCCCCCCC/C=C/OC[C@@H](O)[C@@H]1OC[C@H](O)[C@@H]1O. The first-order chi connectivity index (χ1) is 11.2. The molecular weight excluding hydrogens is 296 g/mol. The van der Waals surface area contributed by atoms with E-state index in [0.717, 1.165) is 12.8 Å². The van der Waals surface area contributed by atoms with Crippen molar-refractivity contribution in [3.05, 3.63) is 12.3 Å². The van der Waals surface area contributed by atoms with Crippen LogP contribution >= 0.6 is 0 Å². The minimum absolute atomic E-state index is 0.0528. The predicted octanol–water partition coefficient (Wildman–Crippen LogP) is 2.53. The number of hydrogen-bond acceptors (Lipinski definition) is 5. The Hall–Kier alpha value is -0.620. The Labute approximate surface area is 140 Å². The highest BCUT2D eigenvalue weighted by Crippen LogP contribution is 2.17. The van der Waals surface area contributed by atoms with Crippen LogP contribution in [-0.4, -0.2) is 52.9 Å². The van der Waals surface area contributed by atoms with Gasteiger partial charge in [0, 0.05) is 0 Å². The van der Waals surface area contributed by atoms with E-state index < -0.39 is 24.4 Å². The van der Waals surface area contributed by atoms with E-state index in [1.807, 2.05) is 6.08 Å². The van der Waals surface area contributed by atoms with E-state index in [4.69, 9.17) is 9.47 Å². The van der Waals surface area contributed by atoms with Crippen molar-refractivity contribution in [3.8, 4) is 0 Å². The third kappa shape index (κ3) is 8.70. The van der Waals surface area contributed by atoms with Crippen molar-refractivity contribution in [2.75, 3.05) is 13.2 Å². The molecule has 0 aromatic carbocycles. The Morgan fingerprint density at radius 3 is 2.35 bits per heavy atom. The minimum atomic E-state index is -1.05. The smallest absolute Gasteiger partial charge is 0.117 e. The molecule has 3 N–H and O–H groups in total. The highest BCUT2D eigenvalue weighted by Gasteiger charge is 2.39. The summed E-state index contributed by atoms with van der Waals surface area (Å²) < 4.78 is 10.4. The molecule has 0 aliphatic carbocycles. The van der Waals surface area contributed by atoms with E-state index in [1.54, 1.807) is 6.26 Å². The summed E-state index contributed by atoms with van der Waals surface area (Å²) in [7, 11) is 0. The highest BCUT2D eigenvalue weighted by molar-refractivity contribution is 4.88. The summed E-state index contributed by atoms with van der Waals surface area (Å²) in [5.41, 5.74) is 0. The van der Waals surface area contributed by atoms with Gasteiger partial charge in [0.2, 0.25) is 0 Å². The van der Waals surface area contributed by atoms with Gasteiger partial charge in [0.05, 0.1) is 12.9 Å². The molecule has 1 fully saturated rings. The van der Waals surface area contributed by atoms with Gasteiger partial charge in [0.15, 0.2) is 0 Å². The standard InChI is InChI=1S/C18H34O5/c1-2-3-4-5-6-7-8-9-10-11-12-22-13-16(20)18-17(21)15(19)14-23-18/h11-12,15-21H,2-10,13-14H2,1H3/b12-11+/t15-,16+,17-,18-/m0/s1. The first-order valence-electron chi connectivity index (χ1n) is 9.09. The topological polar surface area (TPSA) is 79.2 Å². The maximum Gasteiger partial charge on any atom is 0.117 e. The van der Waals surface area contributed by atoms with Crippen molar-refractivity contribution >= 4 is 0 Å². The van der Waals surface area contributed by atoms with Crippen LogP contribution in [0.2, 0.25) is 0 Å². The molecule has 0 spiro atoms. The fourth-order valence-electron chi connectivity index (χ4n) is 2.75. The number of aliphatic hydroxyl groups is 3. The summed E-state index contributed by atoms with van der Waals surface area (Å²) in [5, 5.41) is 28.8. The average molecular weight is 330 g/mol. The molecule has 5 nitrogen and oxygen atoms in total. The van der Waals surface area contributed by atoms with Crippen molar-refractivity contribution in [1.82, 2.24) is 0 Å². The summed E-state index contributed by atoms with van der Waals surface area (Å²) >= 11 is 0. The number of rotatable bonds is 13. The van der Waals surface area contributed by atoms with Gasteiger partial charge in [-0.05, 0) is 18.9 Å². The van der Waals surface area contributed by atoms with Crippen LogP contribution in [0, 0.1) is 0 Å². The molecular formula is C18H34O5. The second kappa shape index (κ2) is 12.8.